The van der Waals surface area contributed by atoms with Gasteiger partial charge in [-0.25, -0.2) is 0 Å². The molecule has 0 radical (unpaired) electrons. The van der Waals surface area contributed by atoms with Crippen LogP contribution in [-0.2, 0) is 0 Å². The second-order valence-electron chi connectivity index (χ2n) is 10.2. The summed E-state index contributed by atoms with van der Waals surface area (Å²) in [5, 5.41) is 11.2. The van der Waals surface area contributed by atoms with E-state index in [1.54, 1.807) is 0 Å². The van der Waals surface area contributed by atoms with Crippen molar-refractivity contribution in [2.24, 2.45) is 0 Å². The molecule has 0 aliphatic carbocycles. The van der Waals surface area contributed by atoms with Gasteiger partial charge in [-0.3, -0.25) is 0 Å². The Balaban J connectivity index is 3.26. The van der Waals surface area contributed by atoms with Gasteiger partial charge < -0.3 is 10.7 Å². The molecule has 0 aromatic rings. The summed E-state index contributed by atoms with van der Waals surface area (Å²) in [7, 11) is 0. The highest BCUT2D eigenvalue weighted by Gasteiger charge is 2.03. The number of hydroxylamine groups is 1. The topological polar surface area (TPSA) is 35.1 Å². The van der Waals surface area contributed by atoms with Crippen molar-refractivity contribution < 1.29 is 0 Å². The largest absolute Gasteiger partial charge is 0.788 e. The van der Waals surface area contributed by atoms with Crippen molar-refractivity contribution in [3.05, 3.63) is 5.21 Å². The summed E-state index contributed by atoms with van der Waals surface area (Å²) in [5.74, 6) is 0. The van der Waals surface area contributed by atoms with Crippen molar-refractivity contribution in [1.29, 1.82) is 0 Å². The number of hydrogen-bond donors (Lipinski definition) is 1. The van der Waals surface area contributed by atoms with Gasteiger partial charge in [0, 0.05) is 0 Å². The molecule has 0 amide bonds. The average molecular weight is 439 g/mol. The van der Waals surface area contributed by atoms with E-state index in [9.17, 15) is 5.21 Å². The highest BCUT2D eigenvalue weighted by molar-refractivity contribution is 4.67. The third-order valence-corrected chi connectivity index (χ3v) is 6.98. The smallest absolute Gasteiger partial charge is 0.00510 e. The van der Waals surface area contributed by atoms with Gasteiger partial charge >= 0.3 is 0 Å². The Morgan fingerprint density at radius 2 is 0.613 bits per heavy atom. The summed E-state index contributed by atoms with van der Waals surface area (Å²) in [5.41, 5.74) is 2.33. The molecule has 0 spiro atoms. The molecule has 0 saturated carbocycles. The van der Waals surface area contributed by atoms with Gasteiger partial charge in [-0.15, -0.1) is 0 Å². The lowest BCUT2D eigenvalue weighted by molar-refractivity contribution is 0.444. The minimum Gasteiger partial charge on any atom is -0.788 e. The average Bonchev–Trinajstić information content (AvgIpc) is 2.79. The van der Waals surface area contributed by atoms with E-state index in [0.29, 0.717) is 0 Å². The number of hydrogen-bond acceptors (Lipinski definition) is 2. The second kappa shape index (κ2) is 28.0. The molecule has 1 N–H and O–H groups in total. The molecule has 0 unspecified atom stereocenters. The molecule has 0 aliphatic rings. The maximum absolute atomic E-state index is 11.2. The molecule has 0 fully saturated rings. The van der Waals surface area contributed by atoms with Crippen LogP contribution in [0.1, 0.15) is 181 Å². The van der Waals surface area contributed by atoms with Gasteiger partial charge in [-0.2, -0.15) is 0 Å². The molecule has 0 bridgehead atoms. The van der Waals surface area contributed by atoms with Gasteiger partial charge in [0.25, 0.3) is 0 Å². The van der Waals surface area contributed by atoms with Crippen molar-refractivity contribution in [2.45, 2.75) is 187 Å². The third-order valence-electron chi connectivity index (χ3n) is 6.98. The molecule has 188 valence electrons. The van der Waals surface area contributed by atoms with Crippen molar-refractivity contribution in [2.75, 3.05) is 0 Å². The molecule has 0 atom stereocenters. The van der Waals surface area contributed by atoms with E-state index in [2.05, 4.69) is 19.3 Å². The molecule has 0 aromatic carbocycles. The monoisotopic (exact) mass is 438 g/mol. The first-order valence-corrected chi connectivity index (χ1v) is 14.7. The van der Waals surface area contributed by atoms with Gasteiger partial charge in [-0.05, 0) is 18.9 Å². The molecule has 2 nitrogen and oxygen atoms in total. The van der Waals surface area contributed by atoms with Gasteiger partial charge in [0.15, 0.2) is 0 Å². The first-order chi connectivity index (χ1) is 15.3. The van der Waals surface area contributed by atoms with Crippen molar-refractivity contribution in [1.82, 2.24) is 5.48 Å². The summed E-state index contributed by atoms with van der Waals surface area (Å²) in [6, 6.07) is 0.214. The van der Waals surface area contributed by atoms with Crippen LogP contribution in [-0.4, -0.2) is 6.04 Å². The van der Waals surface area contributed by atoms with Crippen molar-refractivity contribution >= 4 is 0 Å². The third kappa shape index (κ3) is 26.1. The fourth-order valence-corrected chi connectivity index (χ4v) is 4.73. The van der Waals surface area contributed by atoms with Gasteiger partial charge in [0.1, 0.15) is 0 Å². The predicted octanol–water partition coefficient (Wildman–Crippen LogP) is 10.6. The summed E-state index contributed by atoms with van der Waals surface area (Å²) < 4.78 is 0. The minimum atomic E-state index is 0.214. The van der Waals surface area contributed by atoms with Crippen LogP contribution in [0.3, 0.4) is 0 Å². The van der Waals surface area contributed by atoms with E-state index >= 15 is 0 Å². The maximum atomic E-state index is 11.2. The lowest BCUT2D eigenvalue weighted by Crippen LogP contribution is -2.23. The zero-order chi connectivity index (χ0) is 22.7. The van der Waals surface area contributed by atoms with Crippen LogP contribution in [0.5, 0.6) is 0 Å². The Morgan fingerprint density at radius 3 is 0.839 bits per heavy atom. The van der Waals surface area contributed by atoms with E-state index in [1.807, 2.05) is 0 Å². The SMILES string of the molecule is CCCCCCCCCCCCCCC(CCCCCCCCCCCCCC)N[O-]. The first kappa shape index (κ1) is 30.9. The molecule has 31 heavy (non-hydrogen) atoms. The first-order valence-electron chi connectivity index (χ1n) is 14.7. The van der Waals surface area contributed by atoms with Crippen LogP contribution in [0.15, 0.2) is 0 Å². The molecule has 0 heterocycles. The molecule has 0 rings (SSSR count). The van der Waals surface area contributed by atoms with Crippen LogP contribution < -0.4 is 5.48 Å². The van der Waals surface area contributed by atoms with E-state index in [1.165, 1.54) is 154 Å². The van der Waals surface area contributed by atoms with Crippen LogP contribution in [0.25, 0.3) is 0 Å². The van der Waals surface area contributed by atoms with Crippen molar-refractivity contribution in [3.63, 3.8) is 0 Å². The number of unbranched alkanes of at least 4 members (excludes halogenated alkanes) is 22. The Labute approximate surface area is 197 Å². The van der Waals surface area contributed by atoms with E-state index in [-0.39, 0.29) is 6.04 Å². The van der Waals surface area contributed by atoms with Crippen LogP contribution in [0.2, 0.25) is 0 Å². The quantitative estimate of drug-likeness (QED) is 0.102. The van der Waals surface area contributed by atoms with Gasteiger partial charge in [0.2, 0.25) is 0 Å². The number of nitrogens with one attached hydrogen (secondary N) is 1. The molecular formula is C29H60NO-. The maximum Gasteiger partial charge on any atom is -0.00510 e. The Bertz CT molecular complexity index is 279. The lowest BCUT2D eigenvalue weighted by Gasteiger charge is -2.22. The van der Waals surface area contributed by atoms with E-state index in [4.69, 9.17) is 0 Å². The van der Waals surface area contributed by atoms with Crippen LogP contribution in [0.4, 0.5) is 0 Å². The molecule has 0 aromatic heterocycles. The summed E-state index contributed by atoms with van der Waals surface area (Å²) in [6.45, 7) is 4.57. The lowest BCUT2D eigenvalue weighted by atomic mass is 10.00. The number of rotatable bonds is 27. The highest BCUT2D eigenvalue weighted by atomic mass is 16.5. The molecular weight excluding hydrogens is 378 g/mol. The summed E-state index contributed by atoms with van der Waals surface area (Å²) >= 11 is 0. The van der Waals surface area contributed by atoms with Gasteiger partial charge in [-0.1, -0.05) is 168 Å². The molecule has 2 heteroatoms. The standard InChI is InChI=1S/C29H60NO/c1-3-5-7-9-11-13-15-17-19-21-23-25-27-29(30-31)28-26-24-22-20-18-16-14-12-10-8-6-4-2/h29-30H,3-28H2,1-2H3/q-1. The van der Waals surface area contributed by atoms with E-state index in [0.717, 1.165) is 12.8 Å². The van der Waals surface area contributed by atoms with Crippen molar-refractivity contribution in [3.8, 4) is 0 Å². The molecule has 0 saturated heterocycles. The zero-order valence-electron chi connectivity index (χ0n) is 21.9. The minimum absolute atomic E-state index is 0.214. The summed E-state index contributed by atoms with van der Waals surface area (Å²) in [4.78, 5) is 0. The van der Waals surface area contributed by atoms with E-state index < -0.39 is 0 Å². The Kier molecular flexibility index (Phi) is 27.9. The predicted molar refractivity (Wildman–Crippen MR) is 142 cm³/mol. The van der Waals surface area contributed by atoms with Crippen LogP contribution in [0, 0.1) is 5.21 Å². The normalized spacial score (nSPS) is 11.6. The van der Waals surface area contributed by atoms with Gasteiger partial charge in [0.05, 0.1) is 0 Å². The molecule has 0 aliphatic heterocycles. The summed E-state index contributed by atoms with van der Waals surface area (Å²) in [6.07, 6.45) is 35.5. The fraction of sp³-hybridized carbons (Fsp3) is 1.00. The van der Waals surface area contributed by atoms with Crippen LogP contribution >= 0.6 is 0 Å². The Morgan fingerprint density at radius 1 is 0.387 bits per heavy atom. The Hall–Kier alpha value is -0.0800. The highest BCUT2D eigenvalue weighted by Crippen LogP contribution is 2.16. The second-order valence-corrected chi connectivity index (χ2v) is 10.2. The fourth-order valence-electron chi connectivity index (χ4n) is 4.73. The zero-order valence-corrected chi connectivity index (χ0v) is 21.9.